The number of benzene rings is 2. The Bertz CT molecular complexity index is 1070. The number of carbonyl (C=O) groups excluding carboxylic acids is 2. The van der Waals surface area contributed by atoms with Crippen molar-refractivity contribution in [1.29, 1.82) is 0 Å². The number of carbonyl (C=O) groups is 2. The van der Waals surface area contributed by atoms with Gasteiger partial charge < -0.3 is 15.4 Å². The maximum atomic E-state index is 12.5. The van der Waals surface area contributed by atoms with E-state index in [1.807, 2.05) is 71.8 Å². The smallest absolute Gasteiger partial charge is 0.237 e. The van der Waals surface area contributed by atoms with Crippen molar-refractivity contribution < 1.29 is 14.3 Å². The number of para-hydroxylation sites is 1. The van der Waals surface area contributed by atoms with Crippen molar-refractivity contribution in [1.82, 2.24) is 20.5 Å². The molecule has 1 saturated heterocycles. The summed E-state index contributed by atoms with van der Waals surface area (Å²) in [5, 5.41) is 8.57. The second-order valence-corrected chi connectivity index (χ2v) is 8.65. The highest BCUT2D eigenvalue weighted by atomic mass is 32.1. The molecule has 166 valence electrons. The molecule has 1 aromatic heterocycles. The van der Waals surface area contributed by atoms with Crippen molar-refractivity contribution in [2.24, 2.45) is 0 Å². The van der Waals surface area contributed by atoms with Gasteiger partial charge in [0.15, 0.2) is 0 Å². The number of thiazole rings is 1. The number of hydrogen-bond donors (Lipinski definition) is 2. The number of nitrogens with one attached hydrogen (secondary N) is 2. The Morgan fingerprint density at radius 2 is 2.03 bits per heavy atom. The molecular formula is C24H26N4O3S. The van der Waals surface area contributed by atoms with E-state index >= 15 is 0 Å². The highest BCUT2D eigenvalue weighted by Gasteiger charge is 2.31. The summed E-state index contributed by atoms with van der Waals surface area (Å²) in [6.07, 6.45) is 0.108. The van der Waals surface area contributed by atoms with Gasteiger partial charge in [-0.3, -0.25) is 14.5 Å². The van der Waals surface area contributed by atoms with Crippen LogP contribution in [0, 0.1) is 6.92 Å². The van der Waals surface area contributed by atoms with E-state index in [0.29, 0.717) is 26.2 Å². The molecule has 0 bridgehead atoms. The first-order chi connectivity index (χ1) is 15.6. The summed E-state index contributed by atoms with van der Waals surface area (Å²) in [5.74, 6) is 1.23. The van der Waals surface area contributed by atoms with Crippen LogP contribution in [-0.2, 0) is 22.7 Å². The molecule has 3 aromatic rings. The number of hydrogen-bond acceptors (Lipinski definition) is 6. The number of aromatic nitrogens is 1. The van der Waals surface area contributed by atoms with Crippen molar-refractivity contribution >= 4 is 23.2 Å². The van der Waals surface area contributed by atoms with E-state index in [0.717, 1.165) is 27.8 Å². The van der Waals surface area contributed by atoms with Gasteiger partial charge >= 0.3 is 0 Å². The first-order valence-corrected chi connectivity index (χ1v) is 11.5. The molecule has 2 amide bonds. The zero-order valence-corrected chi connectivity index (χ0v) is 18.7. The molecule has 1 aliphatic rings. The molecule has 32 heavy (non-hydrogen) atoms. The van der Waals surface area contributed by atoms with E-state index in [9.17, 15) is 9.59 Å². The lowest BCUT2D eigenvalue weighted by Gasteiger charge is -2.34. The fourth-order valence-corrected chi connectivity index (χ4v) is 4.36. The van der Waals surface area contributed by atoms with Gasteiger partial charge in [0, 0.05) is 30.7 Å². The minimum Gasteiger partial charge on any atom is -0.457 e. The second-order valence-electron chi connectivity index (χ2n) is 7.70. The Balaban J connectivity index is 1.38. The van der Waals surface area contributed by atoms with E-state index in [4.69, 9.17) is 4.74 Å². The predicted molar refractivity (Wildman–Crippen MR) is 123 cm³/mol. The van der Waals surface area contributed by atoms with Crippen LogP contribution in [0.3, 0.4) is 0 Å². The van der Waals surface area contributed by atoms with E-state index in [-0.39, 0.29) is 18.2 Å². The Kier molecular flexibility index (Phi) is 7.14. The lowest BCUT2D eigenvalue weighted by molar-refractivity contribution is -0.134. The normalized spacial score (nSPS) is 16.4. The lowest BCUT2D eigenvalue weighted by Crippen LogP contribution is -2.56. The van der Waals surface area contributed by atoms with Crippen LogP contribution in [0.5, 0.6) is 11.5 Å². The van der Waals surface area contributed by atoms with Gasteiger partial charge in [-0.05, 0) is 36.8 Å². The van der Waals surface area contributed by atoms with Crippen LogP contribution >= 0.6 is 11.3 Å². The quantitative estimate of drug-likeness (QED) is 0.551. The Hall–Kier alpha value is -3.23. The molecule has 0 saturated carbocycles. The third kappa shape index (κ3) is 5.93. The average Bonchev–Trinajstić information content (AvgIpc) is 3.21. The van der Waals surface area contributed by atoms with Crippen molar-refractivity contribution in [3.63, 3.8) is 0 Å². The van der Waals surface area contributed by atoms with Gasteiger partial charge in [0.05, 0.1) is 19.0 Å². The third-order valence-electron chi connectivity index (χ3n) is 5.19. The van der Waals surface area contributed by atoms with Gasteiger partial charge in [-0.2, -0.15) is 0 Å². The highest BCUT2D eigenvalue weighted by Crippen LogP contribution is 2.23. The van der Waals surface area contributed by atoms with E-state index in [2.05, 4.69) is 15.6 Å². The summed E-state index contributed by atoms with van der Waals surface area (Å²) in [5.41, 5.74) is 1.97. The summed E-state index contributed by atoms with van der Waals surface area (Å²) in [6.45, 7) is 4.11. The maximum Gasteiger partial charge on any atom is 0.237 e. The monoisotopic (exact) mass is 450 g/mol. The van der Waals surface area contributed by atoms with Crippen molar-refractivity contribution in [2.45, 2.75) is 32.5 Å². The topological polar surface area (TPSA) is 83.6 Å². The number of aryl methyl sites for hydroxylation is 1. The predicted octanol–water partition coefficient (Wildman–Crippen LogP) is 3.25. The fraction of sp³-hybridized carbons (Fsp3) is 0.292. The first-order valence-electron chi connectivity index (χ1n) is 10.6. The van der Waals surface area contributed by atoms with Crippen molar-refractivity contribution in [2.75, 3.05) is 13.1 Å². The standard InChI is InChI=1S/C24H26N4O3S/c1-17-16-32-23(27-17)14-26-22(29)13-21-24(30)25-10-11-28(21)15-18-6-5-9-20(12-18)31-19-7-3-2-4-8-19/h2-9,12,16,21H,10-11,13-15H2,1H3,(H,25,30)(H,26,29). The van der Waals surface area contributed by atoms with E-state index in [1.54, 1.807) is 0 Å². The van der Waals surface area contributed by atoms with Crippen molar-refractivity contribution in [3.05, 3.63) is 76.2 Å². The molecule has 8 heteroatoms. The summed E-state index contributed by atoms with van der Waals surface area (Å²) in [7, 11) is 0. The Morgan fingerprint density at radius 1 is 1.22 bits per heavy atom. The zero-order chi connectivity index (χ0) is 22.3. The van der Waals surface area contributed by atoms with Gasteiger partial charge in [-0.25, -0.2) is 4.98 Å². The largest absolute Gasteiger partial charge is 0.457 e. The van der Waals surface area contributed by atoms with Crippen LogP contribution in [-0.4, -0.2) is 40.8 Å². The van der Waals surface area contributed by atoms with Crippen LogP contribution in [0.15, 0.2) is 60.0 Å². The lowest BCUT2D eigenvalue weighted by atomic mass is 10.1. The van der Waals surface area contributed by atoms with Gasteiger partial charge in [0.2, 0.25) is 11.8 Å². The molecule has 7 nitrogen and oxygen atoms in total. The number of amides is 2. The van der Waals surface area contributed by atoms with Crippen LogP contribution in [0.4, 0.5) is 0 Å². The summed E-state index contributed by atoms with van der Waals surface area (Å²) in [4.78, 5) is 31.5. The van der Waals surface area contributed by atoms with Crippen LogP contribution < -0.4 is 15.4 Å². The molecule has 1 atom stereocenters. The number of rotatable bonds is 8. The summed E-state index contributed by atoms with van der Waals surface area (Å²) < 4.78 is 5.93. The molecule has 0 radical (unpaired) electrons. The first kappa shape index (κ1) is 22.0. The number of piperazine rings is 1. The van der Waals surface area contributed by atoms with Crippen LogP contribution in [0.1, 0.15) is 22.7 Å². The highest BCUT2D eigenvalue weighted by molar-refractivity contribution is 7.09. The molecule has 2 aromatic carbocycles. The average molecular weight is 451 g/mol. The molecule has 1 aliphatic heterocycles. The number of ether oxygens (including phenoxy) is 1. The van der Waals surface area contributed by atoms with Crippen molar-refractivity contribution in [3.8, 4) is 11.5 Å². The summed E-state index contributed by atoms with van der Waals surface area (Å²) >= 11 is 1.51. The minimum absolute atomic E-state index is 0.108. The van der Waals surface area contributed by atoms with Gasteiger partial charge in [0.1, 0.15) is 16.5 Å². The van der Waals surface area contributed by atoms with E-state index in [1.165, 1.54) is 11.3 Å². The molecule has 2 N–H and O–H groups in total. The number of nitrogens with zero attached hydrogens (tertiary/aromatic N) is 2. The SMILES string of the molecule is Cc1csc(CNC(=O)CC2C(=O)NCCN2Cc2cccc(Oc3ccccc3)c2)n1. The van der Waals surface area contributed by atoms with Gasteiger partial charge in [-0.1, -0.05) is 30.3 Å². The van der Waals surface area contributed by atoms with Gasteiger partial charge in [0.25, 0.3) is 0 Å². The molecule has 1 fully saturated rings. The molecule has 1 unspecified atom stereocenters. The molecule has 4 rings (SSSR count). The van der Waals surface area contributed by atoms with E-state index < -0.39 is 6.04 Å². The van der Waals surface area contributed by atoms with Crippen LogP contribution in [0.25, 0.3) is 0 Å². The Labute approximate surface area is 191 Å². The summed E-state index contributed by atoms with van der Waals surface area (Å²) in [6, 6.07) is 16.9. The zero-order valence-electron chi connectivity index (χ0n) is 17.9. The molecule has 0 spiro atoms. The molecule has 2 heterocycles. The van der Waals surface area contributed by atoms with Crippen LogP contribution in [0.2, 0.25) is 0 Å². The van der Waals surface area contributed by atoms with Gasteiger partial charge in [-0.15, -0.1) is 11.3 Å². The minimum atomic E-state index is -0.513. The Morgan fingerprint density at radius 3 is 2.81 bits per heavy atom. The maximum absolute atomic E-state index is 12.5. The third-order valence-corrected chi connectivity index (χ3v) is 6.15. The molecular weight excluding hydrogens is 424 g/mol. The second kappa shape index (κ2) is 10.4. The molecule has 0 aliphatic carbocycles. The fourth-order valence-electron chi connectivity index (χ4n) is 3.65.